The molecule has 2 aliphatic carbocycles. The van der Waals surface area contributed by atoms with E-state index in [1.807, 2.05) is 0 Å². The third kappa shape index (κ3) is 2.97. The van der Waals surface area contributed by atoms with E-state index in [-0.39, 0.29) is 59.9 Å². The molecule has 1 amide bonds. The number of hydrogen-bond donors (Lipinski definition) is 2. The fourth-order valence-electron chi connectivity index (χ4n) is 6.33. The minimum atomic E-state index is -1.92. The van der Waals surface area contributed by atoms with Gasteiger partial charge in [0.25, 0.3) is 5.56 Å². The molecule has 37 heavy (non-hydrogen) atoms. The Bertz CT molecular complexity index is 1640. The lowest BCUT2D eigenvalue weighted by Crippen LogP contribution is -2.44. The maximum Gasteiger partial charge on any atom is 0.343 e. The van der Waals surface area contributed by atoms with Crippen molar-refractivity contribution in [1.82, 2.24) is 14.9 Å². The van der Waals surface area contributed by atoms with Crippen LogP contribution in [0.25, 0.3) is 22.3 Å². The molecule has 8 nitrogen and oxygen atoms in total. The van der Waals surface area contributed by atoms with Gasteiger partial charge in [-0.1, -0.05) is 6.92 Å². The van der Waals surface area contributed by atoms with Gasteiger partial charge in [-0.15, -0.1) is 0 Å². The molecular weight excluding hydrogens is 477 g/mol. The molecule has 2 atom stereocenters. The highest BCUT2D eigenvalue weighted by Crippen LogP contribution is 2.46. The number of rotatable bonds is 3. The molecule has 0 bridgehead atoms. The first kappa shape index (κ1) is 22.6. The second-order valence-electron chi connectivity index (χ2n) is 10.7. The first-order valence-corrected chi connectivity index (χ1v) is 12.8. The van der Waals surface area contributed by atoms with Crippen molar-refractivity contribution in [3.8, 4) is 11.4 Å². The summed E-state index contributed by atoms with van der Waals surface area (Å²) in [5.74, 6) is -1.06. The van der Waals surface area contributed by atoms with Crippen molar-refractivity contribution in [2.75, 3.05) is 0 Å². The Balaban J connectivity index is 1.50. The van der Waals surface area contributed by atoms with Gasteiger partial charge in [0, 0.05) is 28.5 Å². The minimum Gasteiger partial charge on any atom is -0.458 e. The number of carbonyl (C=O) groups is 2. The van der Waals surface area contributed by atoms with Crippen LogP contribution in [-0.4, -0.2) is 26.5 Å². The highest BCUT2D eigenvalue weighted by Gasteiger charge is 2.46. The Morgan fingerprint density at radius 1 is 1.24 bits per heavy atom. The van der Waals surface area contributed by atoms with E-state index in [0.29, 0.717) is 35.3 Å². The Morgan fingerprint density at radius 3 is 2.76 bits per heavy atom. The van der Waals surface area contributed by atoms with Crippen LogP contribution >= 0.6 is 0 Å². The predicted molar refractivity (Wildman–Crippen MR) is 131 cm³/mol. The molecule has 0 spiro atoms. The SMILES string of the molecule is CC[C@@]1(O)C(=O)OCc2c1cc1n(c2=O)Cc2c-1nc1cc(F)c(C)c3c1c2[C@@H](NC(=O)C1CC1)CC3. The number of hydrogen-bond acceptors (Lipinski definition) is 6. The molecule has 0 unspecified atom stereocenters. The molecule has 4 heterocycles. The fourth-order valence-corrected chi connectivity index (χ4v) is 6.33. The smallest absolute Gasteiger partial charge is 0.343 e. The Labute approximate surface area is 211 Å². The highest BCUT2D eigenvalue weighted by atomic mass is 19.1. The number of aromatic nitrogens is 2. The van der Waals surface area contributed by atoms with Crippen molar-refractivity contribution in [2.45, 2.75) is 70.7 Å². The van der Waals surface area contributed by atoms with E-state index in [0.717, 1.165) is 34.9 Å². The van der Waals surface area contributed by atoms with Gasteiger partial charge in [-0.2, -0.15) is 0 Å². The number of esters is 1. The van der Waals surface area contributed by atoms with Crippen LogP contribution in [0.1, 0.15) is 72.0 Å². The summed E-state index contributed by atoms with van der Waals surface area (Å²) in [5.41, 5.74) is 2.84. The molecule has 2 N–H and O–H groups in total. The van der Waals surface area contributed by atoms with E-state index in [2.05, 4.69) is 5.32 Å². The Morgan fingerprint density at radius 2 is 2.03 bits per heavy atom. The number of carbonyl (C=O) groups excluding carboxylic acids is 2. The number of aryl methyl sites for hydroxylation is 1. The number of cyclic esters (lactones) is 1. The zero-order chi connectivity index (χ0) is 25.8. The second-order valence-corrected chi connectivity index (χ2v) is 10.7. The van der Waals surface area contributed by atoms with Gasteiger partial charge in [-0.25, -0.2) is 14.2 Å². The van der Waals surface area contributed by atoms with Gasteiger partial charge in [0.2, 0.25) is 5.91 Å². The number of nitrogens with zero attached hydrogens (tertiary/aromatic N) is 2. The van der Waals surface area contributed by atoms with Gasteiger partial charge in [-0.3, -0.25) is 9.59 Å². The summed E-state index contributed by atoms with van der Waals surface area (Å²) in [6.07, 6.45) is 3.07. The van der Waals surface area contributed by atoms with Crippen molar-refractivity contribution in [3.05, 3.63) is 61.7 Å². The summed E-state index contributed by atoms with van der Waals surface area (Å²) in [6, 6.07) is 2.80. The summed E-state index contributed by atoms with van der Waals surface area (Å²) in [6.45, 7) is 3.45. The standard InChI is InChI=1S/C28H26FN3O5/c1-3-28(36)17-8-21-24-15(10-32(21)26(34)16(17)11-37-27(28)35)23-19(31-25(33)13-4-5-13)7-6-14-12(2)18(29)9-20(30-24)22(14)23/h8-9,13,19,36H,3-7,10-11H2,1-2H3,(H,31,33)/t19-,28-/m0/s1. The number of pyridine rings is 2. The van der Waals surface area contributed by atoms with Gasteiger partial charge in [0.05, 0.1) is 35.1 Å². The zero-order valence-corrected chi connectivity index (χ0v) is 20.6. The van der Waals surface area contributed by atoms with Crippen molar-refractivity contribution >= 4 is 22.8 Å². The molecule has 4 aliphatic rings. The van der Waals surface area contributed by atoms with Crippen LogP contribution in [-0.2, 0) is 39.5 Å². The molecule has 190 valence electrons. The van der Waals surface area contributed by atoms with E-state index in [9.17, 15) is 23.9 Å². The lowest BCUT2D eigenvalue weighted by molar-refractivity contribution is -0.172. The van der Waals surface area contributed by atoms with E-state index in [4.69, 9.17) is 9.72 Å². The Hall–Kier alpha value is -3.59. The van der Waals surface area contributed by atoms with Gasteiger partial charge in [-0.05, 0) is 61.8 Å². The van der Waals surface area contributed by atoms with E-state index in [1.54, 1.807) is 24.5 Å². The molecule has 2 aliphatic heterocycles. The minimum absolute atomic E-state index is 0.0257. The summed E-state index contributed by atoms with van der Waals surface area (Å²) >= 11 is 0. The van der Waals surface area contributed by atoms with Crippen molar-refractivity contribution in [2.24, 2.45) is 5.92 Å². The van der Waals surface area contributed by atoms with Gasteiger partial charge >= 0.3 is 5.97 Å². The zero-order valence-electron chi connectivity index (χ0n) is 20.6. The van der Waals surface area contributed by atoms with Crippen LogP contribution in [0.15, 0.2) is 16.9 Å². The summed E-state index contributed by atoms with van der Waals surface area (Å²) in [7, 11) is 0. The molecule has 3 aromatic rings. The van der Waals surface area contributed by atoms with Crippen LogP contribution in [0.4, 0.5) is 4.39 Å². The van der Waals surface area contributed by atoms with Crippen LogP contribution < -0.4 is 10.9 Å². The lowest BCUT2D eigenvalue weighted by atomic mass is 9.81. The van der Waals surface area contributed by atoms with Crippen molar-refractivity contribution in [3.63, 3.8) is 0 Å². The monoisotopic (exact) mass is 503 g/mol. The van der Waals surface area contributed by atoms with Crippen molar-refractivity contribution in [1.29, 1.82) is 0 Å². The third-order valence-corrected chi connectivity index (χ3v) is 8.64. The number of halogens is 1. The van der Waals surface area contributed by atoms with Crippen LogP contribution in [0.2, 0.25) is 0 Å². The normalized spacial score (nSPS) is 23.4. The molecule has 0 saturated heterocycles. The topological polar surface area (TPSA) is 111 Å². The number of amides is 1. The average Bonchev–Trinajstić information content (AvgIpc) is 3.67. The fraction of sp³-hybridized carbons (Fsp3) is 0.429. The molecule has 2 aromatic heterocycles. The van der Waals surface area contributed by atoms with Gasteiger partial charge < -0.3 is 19.7 Å². The maximum absolute atomic E-state index is 15.0. The van der Waals surface area contributed by atoms with Crippen LogP contribution in [0.5, 0.6) is 0 Å². The van der Waals surface area contributed by atoms with Gasteiger partial charge in [0.15, 0.2) is 5.60 Å². The quantitative estimate of drug-likeness (QED) is 0.416. The number of benzene rings is 1. The summed E-state index contributed by atoms with van der Waals surface area (Å²) < 4.78 is 21.7. The maximum atomic E-state index is 15.0. The molecule has 1 fully saturated rings. The number of nitrogens with one attached hydrogen (secondary N) is 1. The molecular formula is C28H26FN3O5. The molecule has 7 rings (SSSR count). The van der Waals surface area contributed by atoms with Gasteiger partial charge in [0.1, 0.15) is 12.4 Å². The average molecular weight is 504 g/mol. The molecule has 1 aromatic carbocycles. The first-order chi connectivity index (χ1) is 17.7. The van der Waals surface area contributed by atoms with Crippen LogP contribution in [0.3, 0.4) is 0 Å². The van der Waals surface area contributed by atoms with Crippen molar-refractivity contribution < 1.29 is 23.8 Å². The number of fused-ring (bicyclic) bond motifs is 5. The molecule has 0 radical (unpaired) electrons. The number of ether oxygens (including phenoxy) is 1. The van der Waals surface area contributed by atoms with Crippen LogP contribution in [0, 0.1) is 18.7 Å². The predicted octanol–water partition coefficient (Wildman–Crippen LogP) is 3.04. The summed E-state index contributed by atoms with van der Waals surface area (Å²) in [5, 5.41) is 15.2. The largest absolute Gasteiger partial charge is 0.458 e. The van der Waals surface area contributed by atoms with E-state index < -0.39 is 11.6 Å². The third-order valence-electron chi connectivity index (χ3n) is 8.64. The molecule has 9 heteroatoms. The highest BCUT2D eigenvalue weighted by molar-refractivity contribution is 5.94. The number of aliphatic hydroxyl groups is 1. The summed E-state index contributed by atoms with van der Waals surface area (Å²) in [4.78, 5) is 43.7. The lowest BCUT2D eigenvalue weighted by Gasteiger charge is -2.31. The Kier molecular flexibility index (Phi) is 4.56. The molecule has 1 saturated carbocycles. The second kappa shape index (κ2) is 7.47. The first-order valence-electron chi connectivity index (χ1n) is 12.8. The van der Waals surface area contributed by atoms with E-state index in [1.165, 1.54) is 6.07 Å². The van der Waals surface area contributed by atoms with E-state index >= 15 is 0 Å².